The van der Waals surface area contributed by atoms with Gasteiger partial charge in [0.25, 0.3) is 0 Å². The first-order chi connectivity index (χ1) is 8.90. The first kappa shape index (κ1) is 13.0. The molecule has 0 atom stereocenters. The van der Waals surface area contributed by atoms with Crippen molar-refractivity contribution in [1.29, 1.82) is 0 Å². The highest BCUT2D eigenvalue weighted by molar-refractivity contribution is 7.99. The Balaban J connectivity index is 2.07. The van der Waals surface area contributed by atoms with Crippen LogP contribution in [0.3, 0.4) is 0 Å². The fraction of sp³-hybridized carbons (Fsp3) is 0.250. The van der Waals surface area contributed by atoms with E-state index in [0.717, 1.165) is 25.2 Å². The lowest BCUT2D eigenvalue weighted by atomic mass is 10.3. The second kappa shape index (κ2) is 7.12. The molecule has 2 heteroatoms. The minimum atomic E-state index is 0.795. The largest absolute Gasteiger partial charge is 0.492 e. The van der Waals surface area contributed by atoms with Gasteiger partial charge in [-0.05, 0) is 30.7 Å². The van der Waals surface area contributed by atoms with E-state index in [4.69, 9.17) is 4.74 Å². The summed E-state index contributed by atoms with van der Waals surface area (Å²) in [5.74, 6) is 0.986. The second-order valence-electron chi connectivity index (χ2n) is 4.06. The quantitative estimate of drug-likeness (QED) is 0.673. The predicted molar refractivity (Wildman–Crippen MR) is 77.4 cm³/mol. The molecule has 0 heterocycles. The van der Waals surface area contributed by atoms with Gasteiger partial charge < -0.3 is 4.74 Å². The van der Waals surface area contributed by atoms with Crippen LogP contribution < -0.4 is 4.74 Å². The molecule has 2 aromatic carbocycles. The van der Waals surface area contributed by atoms with E-state index in [1.54, 1.807) is 11.8 Å². The van der Waals surface area contributed by atoms with Crippen molar-refractivity contribution in [3.05, 3.63) is 54.6 Å². The van der Waals surface area contributed by atoms with E-state index in [2.05, 4.69) is 43.3 Å². The van der Waals surface area contributed by atoms with Crippen molar-refractivity contribution in [3.63, 3.8) is 0 Å². The molecular formula is C16H18OS. The first-order valence-electron chi connectivity index (χ1n) is 6.35. The lowest BCUT2D eigenvalue weighted by molar-refractivity contribution is 0.302. The number of unbranched alkanes of at least 4 members (excludes halogenated alkanes) is 1. The van der Waals surface area contributed by atoms with Crippen LogP contribution in [-0.2, 0) is 0 Å². The molecule has 0 unspecified atom stereocenters. The van der Waals surface area contributed by atoms with Crippen molar-refractivity contribution in [3.8, 4) is 5.75 Å². The molecule has 0 aliphatic heterocycles. The van der Waals surface area contributed by atoms with E-state index in [-0.39, 0.29) is 0 Å². The van der Waals surface area contributed by atoms with Gasteiger partial charge in [-0.2, -0.15) is 0 Å². The van der Waals surface area contributed by atoms with Gasteiger partial charge in [-0.15, -0.1) is 0 Å². The predicted octanol–water partition coefficient (Wildman–Crippen LogP) is 5.02. The van der Waals surface area contributed by atoms with Gasteiger partial charge in [-0.3, -0.25) is 0 Å². The van der Waals surface area contributed by atoms with E-state index >= 15 is 0 Å². The highest BCUT2D eigenvalue weighted by Gasteiger charge is 2.04. The molecule has 1 nitrogen and oxygen atoms in total. The molecule has 2 aromatic rings. The molecule has 0 amide bonds. The van der Waals surface area contributed by atoms with Crippen LogP contribution in [-0.4, -0.2) is 6.61 Å². The SMILES string of the molecule is CCCCOc1ccccc1Sc1ccccc1. The van der Waals surface area contributed by atoms with Crippen LogP contribution in [0, 0.1) is 0 Å². The van der Waals surface area contributed by atoms with Crippen molar-refractivity contribution >= 4 is 11.8 Å². The smallest absolute Gasteiger partial charge is 0.133 e. The van der Waals surface area contributed by atoms with Crippen LogP contribution in [0.2, 0.25) is 0 Å². The monoisotopic (exact) mass is 258 g/mol. The third kappa shape index (κ3) is 3.81. The van der Waals surface area contributed by atoms with Crippen molar-refractivity contribution in [1.82, 2.24) is 0 Å². The van der Waals surface area contributed by atoms with Gasteiger partial charge in [-0.25, -0.2) is 0 Å². The Morgan fingerprint density at radius 2 is 1.67 bits per heavy atom. The zero-order valence-electron chi connectivity index (χ0n) is 10.6. The highest BCUT2D eigenvalue weighted by Crippen LogP contribution is 2.34. The number of benzene rings is 2. The molecule has 0 spiro atoms. The average molecular weight is 258 g/mol. The molecule has 0 aromatic heterocycles. The van der Waals surface area contributed by atoms with E-state index in [0.29, 0.717) is 0 Å². The molecule has 0 saturated carbocycles. The average Bonchev–Trinajstić information content (AvgIpc) is 2.42. The third-order valence-electron chi connectivity index (χ3n) is 2.58. The summed E-state index contributed by atoms with van der Waals surface area (Å²) in [5.41, 5.74) is 0. The van der Waals surface area contributed by atoms with Gasteiger partial charge >= 0.3 is 0 Å². The van der Waals surface area contributed by atoms with Crippen molar-refractivity contribution < 1.29 is 4.74 Å². The topological polar surface area (TPSA) is 9.23 Å². The summed E-state index contributed by atoms with van der Waals surface area (Å²) < 4.78 is 5.83. The number of ether oxygens (including phenoxy) is 1. The summed E-state index contributed by atoms with van der Waals surface area (Å²) in [6, 6.07) is 18.6. The van der Waals surface area contributed by atoms with Crippen LogP contribution >= 0.6 is 11.8 Å². The fourth-order valence-corrected chi connectivity index (χ4v) is 2.52. The van der Waals surface area contributed by atoms with Gasteiger partial charge in [-0.1, -0.05) is 55.4 Å². The summed E-state index contributed by atoms with van der Waals surface area (Å²) in [6.45, 7) is 2.97. The van der Waals surface area contributed by atoms with Crippen molar-refractivity contribution in [2.24, 2.45) is 0 Å². The maximum absolute atomic E-state index is 5.83. The van der Waals surface area contributed by atoms with E-state index in [9.17, 15) is 0 Å². The molecule has 0 aliphatic carbocycles. The Morgan fingerprint density at radius 3 is 2.44 bits per heavy atom. The maximum atomic E-state index is 5.83. The summed E-state index contributed by atoms with van der Waals surface area (Å²) in [7, 11) is 0. The summed E-state index contributed by atoms with van der Waals surface area (Å²) in [5, 5.41) is 0. The number of para-hydroxylation sites is 1. The number of rotatable bonds is 6. The van der Waals surface area contributed by atoms with Gasteiger partial charge in [0.1, 0.15) is 5.75 Å². The molecule has 0 aliphatic rings. The lowest BCUT2D eigenvalue weighted by Gasteiger charge is -2.10. The highest BCUT2D eigenvalue weighted by atomic mass is 32.2. The molecule has 2 rings (SSSR count). The van der Waals surface area contributed by atoms with Gasteiger partial charge in [0.15, 0.2) is 0 Å². The van der Waals surface area contributed by atoms with E-state index in [1.165, 1.54) is 9.79 Å². The third-order valence-corrected chi connectivity index (χ3v) is 3.64. The Hall–Kier alpha value is -1.41. The van der Waals surface area contributed by atoms with Crippen LogP contribution in [0.4, 0.5) is 0 Å². The normalized spacial score (nSPS) is 10.3. The molecule has 0 radical (unpaired) electrons. The summed E-state index contributed by atoms with van der Waals surface area (Å²) >= 11 is 1.75. The van der Waals surface area contributed by atoms with Crippen LogP contribution in [0.1, 0.15) is 19.8 Å². The zero-order valence-corrected chi connectivity index (χ0v) is 11.5. The van der Waals surface area contributed by atoms with E-state index < -0.39 is 0 Å². The molecule has 0 fully saturated rings. The minimum absolute atomic E-state index is 0.795. The molecular weight excluding hydrogens is 240 g/mol. The minimum Gasteiger partial charge on any atom is -0.492 e. The Labute approximate surface area is 113 Å². The number of hydrogen-bond donors (Lipinski definition) is 0. The van der Waals surface area contributed by atoms with Crippen molar-refractivity contribution in [2.45, 2.75) is 29.6 Å². The lowest BCUT2D eigenvalue weighted by Crippen LogP contribution is -1.97. The zero-order chi connectivity index (χ0) is 12.6. The van der Waals surface area contributed by atoms with Gasteiger partial charge in [0, 0.05) is 4.90 Å². The Morgan fingerprint density at radius 1 is 0.944 bits per heavy atom. The fourth-order valence-electron chi connectivity index (χ4n) is 1.60. The molecule has 0 saturated heterocycles. The Bertz CT molecular complexity index is 468. The van der Waals surface area contributed by atoms with Crippen LogP contribution in [0.15, 0.2) is 64.4 Å². The molecule has 18 heavy (non-hydrogen) atoms. The standard InChI is InChI=1S/C16H18OS/c1-2-3-13-17-15-11-7-8-12-16(15)18-14-9-5-4-6-10-14/h4-12H,2-3,13H2,1H3. The number of hydrogen-bond acceptors (Lipinski definition) is 2. The Kier molecular flexibility index (Phi) is 5.15. The van der Waals surface area contributed by atoms with Gasteiger partial charge in [0.05, 0.1) is 11.5 Å². The molecule has 94 valence electrons. The summed E-state index contributed by atoms with van der Waals surface area (Å²) in [4.78, 5) is 2.42. The molecule has 0 N–H and O–H groups in total. The first-order valence-corrected chi connectivity index (χ1v) is 7.16. The summed E-state index contributed by atoms with van der Waals surface area (Å²) in [6.07, 6.45) is 2.26. The van der Waals surface area contributed by atoms with Gasteiger partial charge in [0.2, 0.25) is 0 Å². The van der Waals surface area contributed by atoms with E-state index in [1.807, 2.05) is 18.2 Å². The van der Waals surface area contributed by atoms with Crippen LogP contribution in [0.25, 0.3) is 0 Å². The van der Waals surface area contributed by atoms with Crippen molar-refractivity contribution in [2.75, 3.05) is 6.61 Å². The van der Waals surface area contributed by atoms with Crippen LogP contribution in [0.5, 0.6) is 5.75 Å². The maximum Gasteiger partial charge on any atom is 0.133 e. The second-order valence-corrected chi connectivity index (χ2v) is 5.18. The molecule has 0 bridgehead atoms.